The van der Waals surface area contributed by atoms with Gasteiger partial charge in [-0.15, -0.1) is 0 Å². The van der Waals surface area contributed by atoms with Crippen LogP contribution in [0.5, 0.6) is 11.5 Å². The van der Waals surface area contributed by atoms with Gasteiger partial charge in [0, 0.05) is 50.1 Å². The molecule has 5 heterocycles. The third kappa shape index (κ3) is 9.61. The van der Waals surface area contributed by atoms with Crippen molar-refractivity contribution in [3.05, 3.63) is 59.9 Å². The molecule has 0 bridgehead atoms. The van der Waals surface area contributed by atoms with Crippen molar-refractivity contribution in [2.24, 2.45) is 0 Å². The van der Waals surface area contributed by atoms with E-state index in [4.69, 9.17) is 23.7 Å². The van der Waals surface area contributed by atoms with Gasteiger partial charge in [-0.1, -0.05) is 0 Å². The van der Waals surface area contributed by atoms with Crippen LogP contribution < -0.4 is 19.7 Å². The Morgan fingerprint density at radius 2 is 1.53 bits per heavy atom. The highest BCUT2D eigenvalue weighted by Crippen LogP contribution is 2.32. The molecular weight excluding hydrogens is 748 g/mol. The van der Waals surface area contributed by atoms with Crippen LogP contribution in [0, 0.1) is 0 Å². The van der Waals surface area contributed by atoms with E-state index in [9.17, 15) is 19.2 Å². The molecule has 3 aliphatic rings. The summed E-state index contributed by atoms with van der Waals surface area (Å²) in [5.74, 6) is -0.151. The van der Waals surface area contributed by atoms with Crippen LogP contribution >= 0.6 is 0 Å². The largest absolute Gasteiger partial charge is 0.491 e. The topological polar surface area (TPSA) is 191 Å². The minimum absolute atomic E-state index is 0.0634. The lowest BCUT2D eigenvalue weighted by molar-refractivity contribution is -0.136. The SMILES string of the molecule is C[C@H]1CN(c2cc(-c3n[nH]c4ccc(OC(C)(C)C)cc34)ncn2)CCN1CCOCCOCCOCCOc1ccc2c(c1)C(=O)N(C1CCC(=O)NC1=O)C2=O. The molecule has 58 heavy (non-hydrogen) atoms. The van der Waals surface area contributed by atoms with Crippen molar-refractivity contribution in [1.82, 2.24) is 35.3 Å². The molecule has 4 amide bonds. The molecule has 2 N–H and O–H groups in total. The van der Waals surface area contributed by atoms with E-state index < -0.39 is 29.7 Å². The predicted octanol–water partition coefficient (Wildman–Crippen LogP) is 3.24. The summed E-state index contributed by atoms with van der Waals surface area (Å²) in [6.45, 7) is 14.5. The number of rotatable bonds is 17. The summed E-state index contributed by atoms with van der Waals surface area (Å²) in [5.41, 5.74) is 2.49. The number of nitrogens with zero attached hydrogens (tertiary/aromatic N) is 6. The van der Waals surface area contributed by atoms with Crippen molar-refractivity contribution >= 4 is 40.3 Å². The van der Waals surface area contributed by atoms with Gasteiger partial charge in [0.15, 0.2) is 0 Å². The van der Waals surface area contributed by atoms with Crippen LogP contribution in [0.4, 0.5) is 5.82 Å². The molecule has 2 aromatic carbocycles. The number of imide groups is 2. The van der Waals surface area contributed by atoms with E-state index in [0.717, 1.165) is 64.9 Å². The average Bonchev–Trinajstić information content (AvgIpc) is 3.72. The standard InChI is InChI=1S/C41H50N8O9/c1-26-24-48(35-23-33(42-25-43-35)37-31-22-28(58-41(2,3)4)6-8-32(31)45-46-37)12-11-47(26)13-14-54-15-16-55-17-18-56-19-20-57-27-5-7-29-30(21-27)40(53)49(39(29)52)34-9-10-36(50)44-38(34)51/h5-8,21-23,25-26,34H,9-20,24H2,1-4H3,(H,45,46)(H,44,50,51)/t26-,34?/m0/s1. The molecule has 2 fully saturated rings. The molecule has 3 aliphatic heterocycles. The summed E-state index contributed by atoms with van der Waals surface area (Å²) in [6.07, 6.45) is 1.76. The molecule has 17 heteroatoms. The summed E-state index contributed by atoms with van der Waals surface area (Å²) in [5, 5.41) is 10.8. The van der Waals surface area contributed by atoms with Gasteiger partial charge in [-0.3, -0.25) is 39.4 Å². The monoisotopic (exact) mass is 798 g/mol. The number of carbonyl (C=O) groups excluding carboxylic acids is 4. The first kappa shape index (κ1) is 40.7. The number of aromatic amines is 1. The zero-order chi connectivity index (χ0) is 40.8. The second-order valence-corrected chi connectivity index (χ2v) is 15.4. The van der Waals surface area contributed by atoms with Crippen molar-refractivity contribution in [3.63, 3.8) is 0 Å². The summed E-state index contributed by atoms with van der Waals surface area (Å²) >= 11 is 0. The maximum atomic E-state index is 13.0. The lowest BCUT2D eigenvalue weighted by Gasteiger charge is -2.40. The number of hydrogen-bond acceptors (Lipinski definition) is 14. The van der Waals surface area contributed by atoms with E-state index in [-0.39, 0.29) is 36.2 Å². The number of carbonyl (C=O) groups is 4. The van der Waals surface area contributed by atoms with Crippen molar-refractivity contribution in [3.8, 4) is 22.9 Å². The molecule has 7 rings (SSSR count). The molecule has 0 spiro atoms. The molecule has 1 unspecified atom stereocenters. The first-order chi connectivity index (χ1) is 27.9. The fourth-order valence-corrected chi connectivity index (χ4v) is 7.27. The number of piperidine rings is 1. The summed E-state index contributed by atoms with van der Waals surface area (Å²) in [7, 11) is 0. The quantitative estimate of drug-likeness (QED) is 0.117. The molecule has 2 saturated heterocycles. The lowest BCUT2D eigenvalue weighted by atomic mass is 10.0. The number of nitrogens with one attached hydrogen (secondary N) is 2. The highest BCUT2D eigenvalue weighted by Gasteiger charge is 2.44. The molecule has 308 valence electrons. The second kappa shape index (κ2) is 18.0. The summed E-state index contributed by atoms with van der Waals surface area (Å²) in [6, 6.07) is 11.8. The third-order valence-electron chi connectivity index (χ3n) is 10.1. The Balaban J connectivity index is 0.750. The highest BCUT2D eigenvalue weighted by atomic mass is 16.6. The van der Waals surface area contributed by atoms with Crippen LogP contribution in [0.1, 0.15) is 61.3 Å². The smallest absolute Gasteiger partial charge is 0.262 e. The zero-order valence-corrected chi connectivity index (χ0v) is 33.3. The van der Waals surface area contributed by atoms with E-state index >= 15 is 0 Å². The lowest BCUT2D eigenvalue weighted by Crippen LogP contribution is -2.54. The van der Waals surface area contributed by atoms with Gasteiger partial charge >= 0.3 is 0 Å². The Bertz CT molecular complexity index is 2140. The predicted molar refractivity (Wildman–Crippen MR) is 212 cm³/mol. The van der Waals surface area contributed by atoms with Crippen LogP contribution in [0.25, 0.3) is 22.3 Å². The fraction of sp³-hybridized carbons (Fsp3) is 0.488. The first-order valence-corrected chi connectivity index (χ1v) is 19.7. The molecule has 17 nitrogen and oxygen atoms in total. The maximum absolute atomic E-state index is 13.0. The van der Waals surface area contributed by atoms with Crippen LogP contribution in [0.2, 0.25) is 0 Å². The summed E-state index contributed by atoms with van der Waals surface area (Å²) < 4.78 is 28.9. The van der Waals surface area contributed by atoms with E-state index in [0.29, 0.717) is 51.4 Å². The zero-order valence-electron chi connectivity index (χ0n) is 33.3. The number of aromatic nitrogens is 4. The number of anilines is 1. The minimum Gasteiger partial charge on any atom is -0.491 e. The number of fused-ring (bicyclic) bond motifs is 2. The molecule has 0 aliphatic carbocycles. The second-order valence-electron chi connectivity index (χ2n) is 15.4. The van der Waals surface area contributed by atoms with Gasteiger partial charge in [-0.2, -0.15) is 5.10 Å². The van der Waals surface area contributed by atoms with Gasteiger partial charge in [-0.25, -0.2) is 9.97 Å². The normalized spacial score (nSPS) is 18.9. The van der Waals surface area contributed by atoms with E-state index in [1.807, 2.05) is 45.0 Å². The number of H-pyrrole nitrogens is 1. The van der Waals surface area contributed by atoms with Crippen molar-refractivity contribution in [2.75, 3.05) is 77.3 Å². The molecule has 0 radical (unpaired) electrons. The number of benzene rings is 2. The number of piperazine rings is 1. The van der Waals surface area contributed by atoms with Gasteiger partial charge in [0.2, 0.25) is 11.8 Å². The Kier molecular flexibility index (Phi) is 12.6. The molecular formula is C41H50N8O9. The Morgan fingerprint density at radius 3 is 2.28 bits per heavy atom. The van der Waals surface area contributed by atoms with Crippen molar-refractivity contribution in [2.45, 2.75) is 58.2 Å². The Labute approximate surface area is 336 Å². The number of hydrogen-bond donors (Lipinski definition) is 2. The molecule has 2 atom stereocenters. The van der Waals surface area contributed by atoms with Gasteiger partial charge in [0.25, 0.3) is 11.8 Å². The number of amides is 4. The first-order valence-electron chi connectivity index (χ1n) is 19.7. The van der Waals surface area contributed by atoms with Crippen LogP contribution in [-0.4, -0.2) is 144 Å². The molecule has 0 saturated carbocycles. The molecule has 2 aromatic heterocycles. The van der Waals surface area contributed by atoms with E-state index in [1.165, 1.54) is 12.1 Å². The van der Waals surface area contributed by atoms with Gasteiger partial charge in [-0.05, 0) is 70.5 Å². The third-order valence-corrected chi connectivity index (χ3v) is 10.1. The van der Waals surface area contributed by atoms with Gasteiger partial charge in [0.1, 0.15) is 47.6 Å². The average molecular weight is 799 g/mol. The molecule has 4 aromatic rings. The Hall–Kier alpha value is -5.49. The van der Waals surface area contributed by atoms with Crippen LogP contribution in [-0.2, 0) is 23.8 Å². The van der Waals surface area contributed by atoms with Crippen LogP contribution in [0.15, 0.2) is 48.8 Å². The number of ether oxygens (including phenoxy) is 5. The minimum atomic E-state index is -1.01. The van der Waals surface area contributed by atoms with Gasteiger partial charge < -0.3 is 28.6 Å². The van der Waals surface area contributed by atoms with E-state index in [1.54, 1.807) is 12.4 Å². The maximum Gasteiger partial charge on any atom is 0.262 e. The van der Waals surface area contributed by atoms with Crippen molar-refractivity contribution in [1.29, 1.82) is 0 Å². The summed E-state index contributed by atoms with van der Waals surface area (Å²) in [4.78, 5) is 64.4. The van der Waals surface area contributed by atoms with Gasteiger partial charge in [0.05, 0.1) is 62.0 Å². The van der Waals surface area contributed by atoms with E-state index in [2.05, 4.69) is 42.2 Å². The van der Waals surface area contributed by atoms with Crippen molar-refractivity contribution < 1.29 is 42.9 Å². The highest BCUT2D eigenvalue weighted by molar-refractivity contribution is 6.23. The van der Waals surface area contributed by atoms with Crippen LogP contribution in [0.3, 0.4) is 0 Å². The fourth-order valence-electron chi connectivity index (χ4n) is 7.27. The Morgan fingerprint density at radius 1 is 0.810 bits per heavy atom.